The minimum absolute atomic E-state index is 0.183. The lowest BCUT2D eigenvalue weighted by molar-refractivity contribution is -0.290. The third-order valence-corrected chi connectivity index (χ3v) is 10.9. The molecule has 0 amide bonds. The second-order valence-electron chi connectivity index (χ2n) is 15.1. The van der Waals surface area contributed by atoms with Crippen LogP contribution in [0.15, 0.2) is 0 Å². The molecule has 49 heavy (non-hydrogen) atoms. The second-order valence-corrected chi connectivity index (χ2v) is 15.1. The molecular weight excluding hydrogens is 638 g/mol. The van der Waals surface area contributed by atoms with Gasteiger partial charge in [0.05, 0.1) is 42.8 Å². The van der Waals surface area contributed by atoms with Gasteiger partial charge >= 0.3 is 17.9 Å². The van der Waals surface area contributed by atoms with Gasteiger partial charge in [-0.2, -0.15) is 0 Å². The van der Waals surface area contributed by atoms with Crippen molar-refractivity contribution in [3.8, 4) is 0 Å². The number of ether oxygens (including phenoxy) is 8. The van der Waals surface area contributed by atoms with Crippen LogP contribution in [0.25, 0.3) is 0 Å². The molecule has 4 rings (SSSR count). The van der Waals surface area contributed by atoms with E-state index in [0.717, 1.165) is 6.42 Å². The normalized spacial score (nSPS) is 43.9. The molecule has 4 aliphatic heterocycles. The molecule has 4 saturated heterocycles. The smallest absolute Gasteiger partial charge is 0.311 e. The van der Waals surface area contributed by atoms with Crippen LogP contribution in [0.2, 0.25) is 0 Å². The van der Waals surface area contributed by atoms with E-state index in [1.54, 1.807) is 20.8 Å². The van der Waals surface area contributed by atoms with E-state index in [1.807, 2.05) is 46.7 Å². The fraction of sp³-hybridized carbons (Fsp3) is 0.889. The van der Waals surface area contributed by atoms with Crippen LogP contribution >= 0.6 is 0 Å². The predicted octanol–water partition coefficient (Wildman–Crippen LogP) is 3.68. The van der Waals surface area contributed by atoms with Gasteiger partial charge in [0, 0.05) is 38.7 Å². The molecule has 0 aromatic rings. The molecular formula is C36H59NO12. The van der Waals surface area contributed by atoms with E-state index in [-0.39, 0.29) is 30.5 Å². The van der Waals surface area contributed by atoms with Gasteiger partial charge in [-0.05, 0) is 60.0 Å². The van der Waals surface area contributed by atoms with Gasteiger partial charge in [-0.25, -0.2) is 0 Å². The summed E-state index contributed by atoms with van der Waals surface area (Å²) in [6, 6.07) is -0.183. The summed E-state index contributed by atoms with van der Waals surface area (Å²) >= 11 is 0. The van der Waals surface area contributed by atoms with Crippen LogP contribution in [0.5, 0.6) is 0 Å². The Morgan fingerprint density at radius 3 is 2.02 bits per heavy atom. The van der Waals surface area contributed by atoms with Crippen molar-refractivity contribution >= 4 is 23.7 Å². The van der Waals surface area contributed by atoms with Crippen LogP contribution in [-0.2, 0) is 57.1 Å². The number of carbonyl (C=O) groups is 4. The Labute approximate surface area is 291 Å². The van der Waals surface area contributed by atoms with Gasteiger partial charge in [0.25, 0.3) is 0 Å². The SMILES string of the molecule is CC(=O)O[C@H]1[C@H](O[C@@H]2[C@@H](C)[C@@H](O[C@H]3CCCO3)[C@@H](C)C(=O)O[C@@H](C)[C@H](C)[C@H](OC(C)=O)[C@@H](C)C(=O)[C@]3(CO3)C[C@H]2C)O[C@H](C)C[C@H]1N(C)C. The first kappa shape index (κ1) is 39.6. The van der Waals surface area contributed by atoms with Crippen molar-refractivity contribution in [1.82, 2.24) is 4.90 Å². The highest BCUT2D eigenvalue weighted by atomic mass is 16.7. The molecule has 0 aliphatic carbocycles. The zero-order chi connectivity index (χ0) is 36.4. The zero-order valence-corrected chi connectivity index (χ0v) is 31.2. The van der Waals surface area contributed by atoms with Crippen molar-refractivity contribution < 1.29 is 57.1 Å². The summed E-state index contributed by atoms with van der Waals surface area (Å²) in [5.41, 5.74) is -1.11. The molecule has 0 bridgehead atoms. The Morgan fingerprint density at radius 1 is 0.837 bits per heavy atom. The molecule has 4 aliphatic rings. The lowest BCUT2D eigenvalue weighted by atomic mass is 9.76. The van der Waals surface area contributed by atoms with Crippen molar-refractivity contribution in [2.24, 2.45) is 29.6 Å². The first-order chi connectivity index (χ1) is 22.9. The molecule has 13 nitrogen and oxygen atoms in total. The monoisotopic (exact) mass is 697 g/mol. The van der Waals surface area contributed by atoms with E-state index in [0.29, 0.717) is 25.9 Å². The molecule has 0 aromatic heterocycles. The van der Waals surface area contributed by atoms with Crippen molar-refractivity contribution in [3.63, 3.8) is 0 Å². The molecule has 4 fully saturated rings. The van der Waals surface area contributed by atoms with Crippen LogP contribution in [-0.4, -0.2) is 117 Å². The number of Topliss-reactive ketones (excluding diaryl/α,β-unsaturated/α-hetero) is 1. The van der Waals surface area contributed by atoms with Crippen molar-refractivity contribution in [3.05, 3.63) is 0 Å². The van der Waals surface area contributed by atoms with Crippen LogP contribution in [0.1, 0.15) is 88.0 Å². The Balaban J connectivity index is 1.78. The number of carbonyl (C=O) groups excluding carboxylic acids is 4. The Bertz CT molecular complexity index is 1170. The van der Waals surface area contributed by atoms with E-state index >= 15 is 0 Å². The number of cyclic esters (lactones) is 1. The first-order valence-electron chi connectivity index (χ1n) is 17.9. The summed E-state index contributed by atoms with van der Waals surface area (Å²) in [7, 11) is 3.85. The number of nitrogens with zero attached hydrogens (tertiary/aromatic N) is 1. The number of hydrogen-bond acceptors (Lipinski definition) is 13. The summed E-state index contributed by atoms with van der Waals surface area (Å²) in [6.07, 6.45) is -2.90. The van der Waals surface area contributed by atoms with Crippen molar-refractivity contribution in [1.29, 1.82) is 0 Å². The number of rotatable bonds is 7. The molecule has 0 aromatic carbocycles. The van der Waals surface area contributed by atoms with E-state index < -0.39 is 90.3 Å². The van der Waals surface area contributed by atoms with Crippen molar-refractivity contribution in [2.45, 2.75) is 149 Å². The van der Waals surface area contributed by atoms with Gasteiger partial charge in [0.15, 0.2) is 30.1 Å². The average molecular weight is 698 g/mol. The maximum atomic E-state index is 14.2. The first-order valence-corrected chi connectivity index (χ1v) is 17.9. The quantitative estimate of drug-likeness (QED) is 0.217. The largest absolute Gasteiger partial charge is 0.462 e. The summed E-state index contributed by atoms with van der Waals surface area (Å²) < 4.78 is 49.3. The second kappa shape index (κ2) is 16.5. The van der Waals surface area contributed by atoms with Gasteiger partial charge in [-0.3, -0.25) is 19.2 Å². The highest BCUT2D eigenvalue weighted by Crippen LogP contribution is 2.43. The lowest BCUT2D eigenvalue weighted by Gasteiger charge is -2.46. The number of esters is 3. The van der Waals surface area contributed by atoms with Gasteiger partial charge in [0.1, 0.15) is 12.2 Å². The number of likely N-dealkylation sites (N-methyl/N-ethyl adjacent to an activating group) is 1. The third kappa shape index (κ3) is 9.39. The van der Waals surface area contributed by atoms with Crippen LogP contribution in [0.4, 0.5) is 0 Å². The minimum Gasteiger partial charge on any atom is -0.462 e. The van der Waals surface area contributed by atoms with Crippen LogP contribution < -0.4 is 0 Å². The molecule has 13 heteroatoms. The standard InChI is InChI=1S/C36H59NO12/c1-18-16-36(17-43-36)33(40)22(5)30(46-25(8)38)20(3)24(7)45-34(41)23(6)31(48-28-13-12-14-42-28)21(4)29(18)49-35-32(47-26(9)39)27(37(10)11)15-19(2)44-35/h18-24,27-32,35H,12-17H2,1-11H3/t18-,19-,20+,21-,22-,23-,24+,27-,28+,29+,30+,31-,32-,35+,36-/m1/s1. The molecule has 0 radical (unpaired) electrons. The molecule has 0 unspecified atom stereocenters. The molecule has 0 N–H and O–H groups in total. The van der Waals surface area contributed by atoms with Crippen LogP contribution in [0.3, 0.4) is 0 Å². The fourth-order valence-corrected chi connectivity index (χ4v) is 7.91. The van der Waals surface area contributed by atoms with Gasteiger partial charge in [-0.15, -0.1) is 0 Å². The molecule has 0 saturated carbocycles. The number of hydrogen-bond donors (Lipinski definition) is 0. The Hall–Kier alpha value is -2.16. The Morgan fingerprint density at radius 2 is 1.47 bits per heavy atom. The van der Waals surface area contributed by atoms with Crippen LogP contribution in [0, 0.1) is 29.6 Å². The van der Waals surface area contributed by atoms with E-state index in [1.165, 1.54) is 13.8 Å². The maximum absolute atomic E-state index is 14.2. The molecule has 4 heterocycles. The third-order valence-electron chi connectivity index (χ3n) is 10.9. The number of ketones is 1. The van der Waals surface area contributed by atoms with Gasteiger partial charge in [-0.1, -0.05) is 27.7 Å². The number of epoxide rings is 1. The maximum Gasteiger partial charge on any atom is 0.311 e. The molecule has 15 atom stereocenters. The zero-order valence-electron chi connectivity index (χ0n) is 31.2. The van der Waals surface area contributed by atoms with Gasteiger partial charge in [0.2, 0.25) is 0 Å². The van der Waals surface area contributed by atoms with Gasteiger partial charge < -0.3 is 42.8 Å². The predicted molar refractivity (Wildman–Crippen MR) is 176 cm³/mol. The lowest BCUT2D eigenvalue weighted by Crippen LogP contribution is -2.58. The highest BCUT2D eigenvalue weighted by molar-refractivity contribution is 5.92. The minimum atomic E-state index is -1.11. The average Bonchev–Trinajstić information content (AvgIpc) is 3.61. The van der Waals surface area contributed by atoms with E-state index in [2.05, 4.69) is 0 Å². The fourth-order valence-electron chi connectivity index (χ4n) is 7.91. The molecule has 1 spiro atoms. The highest BCUT2D eigenvalue weighted by Gasteiger charge is 2.58. The van der Waals surface area contributed by atoms with E-state index in [4.69, 9.17) is 37.9 Å². The summed E-state index contributed by atoms with van der Waals surface area (Å²) in [5, 5.41) is 0. The van der Waals surface area contributed by atoms with Crippen molar-refractivity contribution in [2.75, 3.05) is 27.3 Å². The molecule has 280 valence electrons. The van der Waals surface area contributed by atoms with E-state index in [9.17, 15) is 19.2 Å². The Kier molecular flexibility index (Phi) is 13.3. The topological polar surface area (TPSA) is 149 Å². The summed E-state index contributed by atoms with van der Waals surface area (Å²) in [5.74, 6) is -4.44. The summed E-state index contributed by atoms with van der Waals surface area (Å²) in [4.78, 5) is 54.7. The summed E-state index contributed by atoms with van der Waals surface area (Å²) in [6.45, 7) is 16.4.